The quantitative estimate of drug-likeness (QED) is 0.569. The van der Waals surface area contributed by atoms with Gasteiger partial charge in [0.05, 0.1) is 23.5 Å². The van der Waals surface area contributed by atoms with Crippen molar-refractivity contribution in [1.29, 1.82) is 0 Å². The average Bonchev–Trinajstić information content (AvgIpc) is 3.02. The fourth-order valence-electron chi connectivity index (χ4n) is 3.10. The van der Waals surface area contributed by atoms with Gasteiger partial charge in [0, 0.05) is 5.56 Å². The van der Waals surface area contributed by atoms with E-state index in [1.54, 1.807) is 0 Å². The lowest BCUT2D eigenvalue weighted by atomic mass is 10.1. The molecule has 0 spiro atoms. The first-order valence-electron chi connectivity index (χ1n) is 8.54. The van der Waals surface area contributed by atoms with Crippen LogP contribution in [0.5, 0.6) is 0 Å². The number of hydrogen-bond donors (Lipinski definition) is 1. The van der Waals surface area contributed by atoms with E-state index in [1.165, 1.54) is 22.9 Å². The molecule has 0 saturated heterocycles. The zero-order valence-electron chi connectivity index (χ0n) is 14.7. The molecular weight excluding hydrogens is 369 g/mol. The second kappa shape index (κ2) is 6.63. The lowest BCUT2D eigenvalue weighted by molar-refractivity contribution is -0.137. The summed E-state index contributed by atoms with van der Waals surface area (Å²) < 4.78 is 39.8. The Hall–Kier alpha value is -3.42. The maximum atomic E-state index is 12.8. The van der Waals surface area contributed by atoms with E-state index >= 15 is 0 Å². The molecule has 2 aromatic carbocycles. The second-order valence-electron chi connectivity index (χ2n) is 6.39. The van der Waals surface area contributed by atoms with Crippen LogP contribution in [0.3, 0.4) is 0 Å². The summed E-state index contributed by atoms with van der Waals surface area (Å²) in [7, 11) is 0. The highest BCUT2D eigenvalue weighted by Crippen LogP contribution is 2.31. The van der Waals surface area contributed by atoms with Crippen LogP contribution in [-0.2, 0) is 6.18 Å². The summed E-state index contributed by atoms with van der Waals surface area (Å²) in [5.74, 6) is 0. The van der Waals surface area contributed by atoms with Crippen LogP contribution in [0.25, 0.3) is 22.6 Å². The summed E-state index contributed by atoms with van der Waals surface area (Å²) in [6, 6.07) is 13.8. The van der Waals surface area contributed by atoms with Crippen LogP contribution in [0.15, 0.2) is 65.6 Å². The molecule has 0 fully saturated rings. The molecule has 5 nitrogen and oxygen atoms in total. The minimum Gasteiger partial charge on any atom is -0.289 e. The summed E-state index contributed by atoms with van der Waals surface area (Å²) in [6.45, 7) is 1.87. The first-order chi connectivity index (χ1) is 13.3. The van der Waals surface area contributed by atoms with Crippen molar-refractivity contribution in [2.75, 3.05) is 0 Å². The molecule has 0 bridgehead atoms. The van der Waals surface area contributed by atoms with E-state index in [1.807, 2.05) is 37.3 Å². The van der Waals surface area contributed by atoms with E-state index in [4.69, 9.17) is 0 Å². The number of aromatic nitrogens is 4. The Morgan fingerprint density at radius 3 is 2.36 bits per heavy atom. The molecule has 2 heterocycles. The van der Waals surface area contributed by atoms with Gasteiger partial charge in [0.1, 0.15) is 0 Å². The Labute approximate surface area is 157 Å². The number of halogens is 3. The van der Waals surface area contributed by atoms with Gasteiger partial charge in [0.2, 0.25) is 0 Å². The maximum absolute atomic E-state index is 12.8. The third kappa shape index (κ3) is 3.17. The van der Waals surface area contributed by atoms with E-state index in [-0.39, 0.29) is 11.7 Å². The molecule has 0 aliphatic heterocycles. The molecule has 0 radical (unpaired) electrons. The third-order valence-electron chi connectivity index (χ3n) is 4.60. The number of benzene rings is 2. The Bertz CT molecular complexity index is 1180. The van der Waals surface area contributed by atoms with Crippen molar-refractivity contribution in [1.82, 2.24) is 19.5 Å². The van der Waals surface area contributed by atoms with Gasteiger partial charge in [-0.1, -0.05) is 42.5 Å². The van der Waals surface area contributed by atoms with Crippen LogP contribution < -0.4 is 5.69 Å². The van der Waals surface area contributed by atoms with Crippen molar-refractivity contribution in [3.63, 3.8) is 0 Å². The first kappa shape index (κ1) is 18.0. The molecule has 4 rings (SSSR count). The first-order valence-corrected chi connectivity index (χ1v) is 8.54. The fourth-order valence-corrected chi connectivity index (χ4v) is 3.10. The summed E-state index contributed by atoms with van der Waals surface area (Å²) in [6.07, 6.45) is -2.97. The smallest absolute Gasteiger partial charge is 0.289 e. The minimum atomic E-state index is -4.40. The Morgan fingerprint density at radius 2 is 1.71 bits per heavy atom. The number of hydrogen-bond acceptors (Lipinski definition) is 3. The van der Waals surface area contributed by atoms with Gasteiger partial charge in [-0.15, -0.1) is 0 Å². The van der Waals surface area contributed by atoms with Crippen LogP contribution in [0.4, 0.5) is 13.2 Å². The maximum Gasteiger partial charge on any atom is 0.416 e. The number of nitrogens with one attached hydrogen (secondary N) is 1. The predicted molar refractivity (Wildman–Crippen MR) is 98.8 cm³/mol. The monoisotopic (exact) mass is 384 g/mol. The van der Waals surface area contributed by atoms with Crippen molar-refractivity contribution < 1.29 is 13.2 Å². The predicted octanol–water partition coefficient (Wildman–Crippen LogP) is 4.41. The molecule has 1 atom stereocenters. The lowest BCUT2D eigenvalue weighted by Crippen LogP contribution is -2.21. The van der Waals surface area contributed by atoms with Crippen LogP contribution in [0, 0.1) is 0 Å². The van der Waals surface area contributed by atoms with Crippen molar-refractivity contribution >= 4 is 11.3 Å². The van der Waals surface area contributed by atoms with Gasteiger partial charge < -0.3 is 0 Å². The summed E-state index contributed by atoms with van der Waals surface area (Å²) in [4.78, 5) is 23.8. The molecule has 1 unspecified atom stereocenters. The number of aromatic amines is 1. The molecule has 28 heavy (non-hydrogen) atoms. The number of rotatable bonds is 3. The normalized spacial score (nSPS) is 13.0. The zero-order chi connectivity index (χ0) is 19.9. The van der Waals surface area contributed by atoms with Crippen molar-refractivity contribution in [2.45, 2.75) is 19.1 Å². The molecule has 1 N–H and O–H groups in total. The van der Waals surface area contributed by atoms with Crippen molar-refractivity contribution in [3.05, 3.63) is 82.4 Å². The van der Waals surface area contributed by atoms with Crippen LogP contribution >= 0.6 is 0 Å². The number of imidazole rings is 1. The molecule has 2 aromatic heterocycles. The largest absolute Gasteiger partial charge is 0.416 e. The highest BCUT2D eigenvalue weighted by atomic mass is 19.4. The molecule has 0 aliphatic carbocycles. The van der Waals surface area contributed by atoms with E-state index in [0.717, 1.165) is 17.7 Å². The van der Waals surface area contributed by atoms with Gasteiger partial charge >= 0.3 is 11.9 Å². The van der Waals surface area contributed by atoms with Crippen LogP contribution in [0.1, 0.15) is 24.1 Å². The fraction of sp³-hybridized carbons (Fsp3) is 0.150. The molecule has 8 heteroatoms. The lowest BCUT2D eigenvalue weighted by Gasteiger charge is -2.13. The molecular formula is C20H15F3N4O. The van der Waals surface area contributed by atoms with Gasteiger partial charge in [0.15, 0.2) is 11.3 Å². The molecule has 0 saturated carbocycles. The highest BCUT2D eigenvalue weighted by molar-refractivity contribution is 5.71. The average molecular weight is 384 g/mol. The van der Waals surface area contributed by atoms with E-state index in [9.17, 15) is 18.0 Å². The van der Waals surface area contributed by atoms with Crippen molar-refractivity contribution in [3.8, 4) is 11.3 Å². The Balaban J connectivity index is 1.80. The third-order valence-corrected chi connectivity index (χ3v) is 4.60. The Kier molecular flexibility index (Phi) is 4.26. The number of alkyl halides is 3. The summed E-state index contributed by atoms with van der Waals surface area (Å²) in [5.41, 5.74) is 1.37. The molecule has 142 valence electrons. The standard InChI is InChI=1S/C20H15F3N4O/c1-12(13-5-3-2-4-6-13)27-18-17(26-19(27)28)24-11-16(25-18)14-7-9-15(10-8-14)20(21,22)23/h2-12H,1H3,(H,24,26,28). The summed E-state index contributed by atoms with van der Waals surface area (Å²) in [5, 5.41) is 0. The second-order valence-corrected chi connectivity index (χ2v) is 6.39. The number of fused-ring (bicyclic) bond motifs is 1. The van der Waals surface area contributed by atoms with E-state index in [2.05, 4.69) is 15.0 Å². The van der Waals surface area contributed by atoms with Gasteiger partial charge in [-0.05, 0) is 24.6 Å². The van der Waals surface area contributed by atoms with Crippen LogP contribution in [0.2, 0.25) is 0 Å². The van der Waals surface area contributed by atoms with E-state index in [0.29, 0.717) is 22.6 Å². The summed E-state index contributed by atoms with van der Waals surface area (Å²) >= 11 is 0. The van der Waals surface area contributed by atoms with Gasteiger partial charge in [-0.3, -0.25) is 9.55 Å². The van der Waals surface area contributed by atoms with Crippen LogP contribution in [-0.4, -0.2) is 19.5 Å². The Morgan fingerprint density at radius 1 is 1.04 bits per heavy atom. The minimum absolute atomic E-state index is 0.292. The van der Waals surface area contributed by atoms with Crippen molar-refractivity contribution in [2.24, 2.45) is 0 Å². The molecule has 0 aliphatic rings. The SMILES string of the molecule is CC(c1ccccc1)n1c(=O)[nH]c2ncc(-c3ccc(C(F)(F)F)cc3)nc21. The number of H-pyrrole nitrogens is 1. The van der Waals surface area contributed by atoms with E-state index < -0.39 is 11.7 Å². The highest BCUT2D eigenvalue weighted by Gasteiger charge is 2.30. The van der Waals surface area contributed by atoms with Gasteiger partial charge in [0.25, 0.3) is 0 Å². The van der Waals surface area contributed by atoms with Gasteiger partial charge in [-0.25, -0.2) is 14.8 Å². The topological polar surface area (TPSA) is 63.6 Å². The zero-order valence-corrected chi connectivity index (χ0v) is 14.7. The number of nitrogens with zero attached hydrogens (tertiary/aromatic N) is 3. The molecule has 0 amide bonds. The van der Waals surface area contributed by atoms with Gasteiger partial charge in [-0.2, -0.15) is 13.2 Å². The molecule has 4 aromatic rings.